The second-order valence-corrected chi connectivity index (χ2v) is 6.09. The minimum atomic E-state index is -3.78. The van der Waals surface area contributed by atoms with Crippen molar-refractivity contribution < 1.29 is 18.3 Å². The van der Waals surface area contributed by atoms with E-state index in [4.69, 9.17) is 5.11 Å². The second-order valence-electron chi connectivity index (χ2n) is 4.18. The Hall–Kier alpha value is -1.92. The van der Waals surface area contributed by atoms with Crippen molar-refractivity contribution in [3.8, 4) is 0 Å². The van der Waals surface area contributed by atoms with Crippen LogP contribution in [0, 0.1) is 6.92 Å². The van der Waals surface area contributed by atoms with Gasteiger partial charge in [0, 0.05) is 13.1 Å². The molecule has 6 heteroatoms. The predicted molar refractivity (Wildman–Crippen MR) is 77.3 cm³/mol. The number of hydrogen-bond donors (Lipinski definition) is 1. The molecule has 108 valence electrons. The van der Waals surface area contributed by atoms with Crippen LogP contribution in [0.4, 0.5) is 0 Å². The SMILES string of the molecule is C=CCN(CC=C)S(=O)(=O)c1cc(C(=O)O)ccc1C. The van der Waals surface area contributed by atoms with Crippen LogP contribution in [0.1, 0.15) is 15.9 Å². The molecule has 0 heterocycles. The molecular formula is C14H17NO4S. The largest absolute Gasteiger partial charge is 0.478 e. The van der Waals surface area contributed by atoms with Crippen molar-refractivity contribution in [3.63, 3.8) is 0 Å². The standard InChI is InChI=1S/C14H17NO4S/c1-4-8-15(9-5-2)20(18,19)13-10-12(14(16)17)7-6-11(13)3/h4-7,10H,1-2,8-9H2,3H3,(H,16,17). The minimum absolute atomic E-state index is 0.0129. The highest BCUT2D eigenvalue weighted by Crippen LogP contribution is 2.21. The molecule has 0 radical (unpaired) electrons. The highest BCUT2D eigenvalue weighted by molar-refractivity contribution is 7.89. The number of aryl methyl sites for hydroxylation is 1. The van der Waals surface area contributed by atoms with Crippen molar-refractivity contribution in [2.75, 3.05) is 13.1 Å². The third-order valence-electron chi connectivity index (χ3n) is 2.72. The zero-order valence-corrected chi connectivity index (χ0v) is 12.1. The maximum Gasteiger partial charge on any atom is 0.335 e. The number of hydrogen-bond acceptors (Lipinski definition) is 3. The van der Waals surface area contributed by atoms with E-state index in [1.165, 1.54) is 34.7 Å². The average Bonchev–Trinajstić information content (AvgIpc) is 2.38. The molecule has 1 aromatic carbocycles. The van der Waals surface area contributed by atoms with Gasteiger partial charge in [-0.05, 0) is 24.6 Å². The molecule has 1 aromatic rings. The van der Waals surface area contributed by atoms with Crippen LogP contribution >= 0.6 is 0 Å². The monoisotopic (exact) mass is 295 g/mol. The van der Waals surface area contributed by atoms with Crippen LogP contribution in [-0.2, 0) is 10.0 Å². The normalized spacial score (nSPS) is 11.3. The van der Waals surface area contributed by atoms with Crippen molar-refractivity contribution in [3.05, 3.63) is 54.6 Å². The molecule has 0 aliphatic heterocycles. The Labute approximate surface area is 118 Å². The molecule has 0 fully saturated rings. The quantitative estimate of drug-likeness (QED) is 0.781. The summed E-state index contributed by atoms with van der Waals surface area (Å²) >= 11 is 0. The van der Waals surface area contributed by atoms with Crippen molar-refractivity contribution in [1.82, 2.24) is 4.31 Å². The van der Waals surface area contributed by atoms with E-state index in [2.05, 4.69) is 13.2 Å². The average molecular weight is 295 g/mol. The number of carbonyl (C=O) groups is 1. The first-order valence-corrected chi connectivity index (χ1v) is 7.34. The molecule has 0 unspecified atom stereocenters. The number of carboxylic acid groups (broad SMARTS) is 1. The Morgan fingerprint density at radius 1 is 1.30 bits per heavy atom. The number of carboxylic acids is 1. The lowest BCUT2D eigenvalue weighted by Gasteiger charge is -2.20. The van der Waals surface area contributed by atoms with E-state index in [0.29, 0.717) is 5.56 Å². The van der Waals surface area contributed by atoms with Crippen LogP contribution in [0.25, 0.3) is 0 Å². The van der Waals surface area contributed by atoms with Gasteiger partial charge in [0.2, 0.25) is 10.0 Å². The Morgan fingerprint density at radius 2 is 1.85 bits per heavy atom. The Morgan fingerprint density at radius 3 is 2.30 bits per heavy atom. The molecule has 0 amide bonds. The molecule has 5 nitrogen and oxygen atoms in total. The molecule has 0 atom stereocenters. The number of aromatic carboxylic acids is 1. The first-order chi connectivity index (χ1) is 9.34. The lowest BCUT2D eigenvalue weighted by molar-refractivity contribution is 0.0696. The zero-order valence-electron chi connectivity index (χ0n) is 11.2. The molecule has 0 saturated carbocycles. The number of nitrogens with zero attached hydrogens (tertiary/aromatic N) is 1. The van der Waals surface area contributed by atoms with Gasteiger partial charge in [0.25, 0.3) is 0 Å². The van der Waals surface area contributed by atoms with Crippen LogP contribution < -0.4 is 0 Å². The van der Waals surface area contributed by atoms with E-state index in [0.717, 1.165) is 0 Å². The third kappa shape index (κ3) is 3.34. The van der Waals surface area contributed by atoms with E-state index in [-0.39, 0.29) is 23.5 Å². The van der Waals surface area contributed by atoms with E-state index in [1.54, 1.807) is 6.92 Å². The highest BCUT2D eigenvalue weighted by Gasteiger charge is 2.25. The number of rotatable bonds is 7. The van der Waals surface area contributed by atoms with Gasteiger partial charge in [0.05, 0.1) is 10.5 Å². The summed E-state index contributed by atoms with van der Waals surface area (Å²) in [6, 6.07) is 4.03. The topological polar surface area (TPSA) is 74.7 Å². The maximum absolute atomic E-state index is 12.5. The summed E-state index contributed by atoms with van der Waals surface area (Å²) in [4.78, 5) is 11.0. The van der Waals surface area contributed by atoms with Crippen molar-refractivity contribution >= 4 is 16.0 Å². The summed E-state index contributed by atoms with van der Waals surface area (Å²) in [6.45, 7) is 8.93. The summed E-state index contributed by atoms with van der Waals surface area (Å²) in [6.07, 6.45) is 2.94. The van der Waals surface area contributed by atoms with Gasteiger partial charge in [-0.1, -0.05) is 18.2 Å². The highest BCUT2D eigenvalue weighted by atomic mass is 32.2. The summed E-state index contributed by atoms with van der Waals surface area (Å²) in [5.41, 5.74) is 0.430. The fourth-order valence-electron chi connectivity index (χ4n) is 1.71. The van der Waals surface area contributed by atoms with Gasteiger partial charge in [0.1, 0.15) is 0 Å². The summed E-state index contributed by atoms with van der Waals surface area (Å²) in [5, 5.41) is 8.97. The summed E-state index contributed by atoms with van der Waals surface area (Å²) in [5.74, 6) is -1.17. The van der Waals surface area contributed by atoms with Crippen LogP contribution in [0.5, 0.6) is 0 Å². The minimum Gasteiger partial charge on any atom is -0.478 e. The molecule has 20 heavy (non-hydrogen) atoms. The second kappa shape index (κ2) is 6.49. The molecule has 0 bridgehead atoms. The van der Waals surface area contributed by atoms with Crippen molar-refractivity contribution in [2.24, 2.45) is 0 Å². The van der Waals surface area contributed by atoms with Crippen LogP contribution in [0.15, 0.2) is 48.4 Å². The maximum atomic E-state index is 12.5. The van der Waals surface area contributed by atoms with Gasteiger partial charge >= 0.3 is 5.97 Å². The smallest absolute Gasteiger partial charge is 0.335 e. The van der Waals surface area contributed by atoms with Crippen LogP contribution in [0.3, 0.4) is 0 Å². The molecule has 1 N–H and O–H groups in total. The molecule has 0 aliphatic carbocycles. The van der Waals surface area contributed by atoms with Crippen molar-refractivity contribution in [1.29, 1.82) is 0 Å². The van der Waals surface area contributed by atoms with Gasteiger partial charge in [-0.2, -0.15) is 4.31 Å². The van der Waals surface area contributed by atoms with Gasteiger partial charge in [-0.3, -0.25) is 0 Å². The first-order valence-electron chi connectivity index (χ1n) is 5.90. The third-order valence-corrected chi connectivity index (χ3v) is 4.69. The lowest BCUT2D eigenvalue weighted by Crippen LogP contribution is -2.32. The molecule has 0 saturated heterocycles. The molecule has 1 rings (SSSR count). The van der Waals surface area contributed by atoms with Gasteiger partial charge in [-0.25, -0.2) is 13.2 Å². The number of sulfonamides is 1. The predicted octanol–water partition coefficient (Wildman–Crippen LogP) is 2.06. The Kier molecular flexibility index (Phi) is 5.24. The molecular weight excluding hydrogens is 278 g/mol. The van der Waals surface area contributed by atoms with Crippen LogP contribution in [-0.4, -0.2) is 36.9 Å². The van der Waals surface area contributed by atoms with Gasteiger partial charge < -0.3 is 5.11 Å². The van der Waals surface area contributed by atoms with E-state index < -0.39 is 16.0 Å². The molecule has 0 aliphatic rings. The van der Waals surface area contributed by atoms with E-state index in [9.17, 15) is 13.2 Å². The summed E-state index contributed by atoms with van der Waals surface area (Å²) in [7, 11) is -3.78. The Balaban J connectivity index is 3.39. The zero-order chi connectivity index (χ0) is 15.3. The molecule has 0 spiro atoms. The molecule has 0 aromatic heterocycles. The van der Waals surface area contributed by atoms with Crippen LogP contribution in [0.2, 0.25) is 0 Å². The first kappa shape index (κ1) is 16.1. The summed E-state index contributed by atoms with van der Waals surface area (Å²) < 4.78 is 26.3. The van der Waals surface area contributed by atoms with E-state index >= 15 is 0 Å². The van der Waals surface area contributed by atoms with Gasteiger partial charge in [-0.15, -0.1) is 13.2 Å². The Bertz CT molecular complexity index is 625. The fraction of sp³-hybridized carbons (Fsp3) is 0.214. The fourth-order valence-corrected chi connectivity index (χ4v) is 3.34. The van der Waals surface area contributed by atoms with Crippen molar-refractivity contribution in [2.45, 2.75) is 11.8 Å². The lowest BCUT2D eigenvalue weighted by atomic mass is 10.1. The number of benzene rings is 1. The van der Waals surface area contributed by atoms with E-state index in [1.807, 2.05) is 0 Å². The van der Waals surface area contributed by atoms with Gasteiger partial charge in [0.15, 0.2) is 0 Å².